The van der Waals surface area contributed by atoms with E-state index in [1.54, 1.807) is 19.1 Å². The minimum Gasteiger partial charge on any atom is -0.495 e. The molecule has 17 heavy (non-hydrogen) atoms. The molecule has 1 aromatic rings. The predicted molar refractivity (Wildman–Crippen MR) is 67.2 cm³/mol. The number of anilines is 1. The summed E-state index contributed by atoms with van der Waals surface area (Å²) in [6.45, 7) is 0. The Morgan fingerprint density at radius 3 is 2.59 bits per heavy atom. The fourth-order valence-corrected chi connectivity index (χ4v) is 2.12. The van der Waals surface area contributed by atoms with Gasteiger partial charge in [0.2, 0.25) is 5.91 Å². The third-order valence-electron chi connectivity index (χ3n) is 3.42. The fraction of sp³-hybridized carbons (Fsp3) is 0.462. The summed E-state index contributed by atoms with van der Waals surface area (Å²) in [6, 6.07) is 7.45. The average Bonchev–Trinajstić information content (AvgIpc) is 2.34. The van der Waals surface area contributed by atoms with Crippen molar-refractivity contribution in [3.8, 4) is 5.75 Å². The van der Waals surface area contributed by atoms with E-state index in [0.717, 1.165) is 24.9 Å². The summed E-state index contributed by atoms with van der Waals surface area (Å²) in [7, 11) is 3.34. The van der Waals surface area contributed by atoms with E-state index >= 15 is 0 Å². The molecule has 2 rings (SSSR count). The van der Waals surface area contributed by atoms with Gasteiger partial charge in [-0.2, -0.15) is 0 Å². The number of amides is 1. The number of benzene rings is 1. The van der Waals surface area contributed by atoms with E-state index in [9.17, 15) is 4.79 Å². The highest BCUT2D eigenvalue weighted by Crippen LogP contribution is 2.34. The Hall–Kier alpha value is -1.55. The van der Waals surface area contributed by atoms with Crippen molar-refractivity contribution in [2.45, 2.75) is 24.8 Å². The molecule has 4 nitrogen and oxygen atoms in total. The number of nitrogens with zero attached hydrogens (tertiary/aromatic N) is 1. The Bertz CT molecular complexity index is 427. The Labute approximate surface area is 101 Å². The van der Waals surface area contributed by atoms with Gasteiger partial charge in [0, 0.05) is 7.05 Å². The second-order valence-electron chi connectivity index (χ2n) is 4.55. The second-order valence-corrected chi connectivity index (χ2v) is 4.55. The lowest BCUT2D eigenvalue weighted by Crippen LogP contribution is -2.59. The lowest BCUT2D eigenvalue weighted by Gasteiger charge is -2.39. The number of para-hydroxylation sites is 2. The number of likely N-dealkylation sites (N-methyl/N-ethyl adjacent to an activating group) is 1. The van der Waals surface area contributed by atoms with Crippen LogP contribution in [0.25, 0.3) is 0 Å². The molecule has 0 heterocycles. The van der Waals surface area contributed by atoms with E-state index < -0.39 is 5.54 Å². The van der Waals surface area contributed by atoms with Gasteiger partial charge in [0.25, 0.3) is 0 Å². The average molecular weight is 234 g/mol. The molecule has 0 bridgehead atoms. The number of hydrogen-bond acceptors (Lipinski definition) is 3. The first-order valence-electron chi connectivity index (χ1n) is 5.78. The lowest BCUT2D eigenvalue weighted by atomic mass is 9.76. The van der Waals surface area contributed by atoms with Crippen LogP contribution >= 0.6 is 0 Å². The topological polar surface area (TPSA) is 55.6 Å². The van der Waals surface area contributed by atoms with Crippen LogP contribution in [0, 0.1) is 0 Å². The first kappa shape index (κ1) is 11.9. The number of ether oxygens (including phenoxy) is 1. The van der Waals surface area contributed by atoms with Crippen molar-refractivity contribution in [3.05, 3.63) is 24.3 Å². The number of nitrogens with two attached hydrogens (primary N) is 1. The highest BCUT2D eigenvalue weighted by Gasteiger charge is 2.42. The molecule has 1 fully saturated rings. The van der Waals surface area contributed by atoms with E-state index in [4.69, 9.17) is 10.5 Å². The smallest absolute Gasteiger partial charge is 0.246 e. The summed E-state index contributed by atoms with van der Waals surface area (Å²) in [6.07, 6.45) is 2.57. The van der Waals surface area contributed by atoms with Crippen LogP contribution in [0.5, 0.6) is 5.75 Å². The molecule has 0 atom stereocenters. The van der Waals surface area contributed by atoms with Crippen LogP contribution in [0.15, 0.2) is 24.3 Å². The van der Waals surface area contributed by atoms with Crippen LogP contribution in [0.2, 0.25) is 0 Å². The SMILES string of the molecule is COc1ccccc1N(C)C(=O)C1(N)CCC1. The first-order valence-corrected chi connectivity index (χ1v) is 5.78. The largest absolute Gasteiger partial charge is 0.495 e. The van der Waals surface area contributed by atoms with Crippen LogP contribution in [-0.2, 0) is 4.79 Å². The van der Waals surface area contributed by atoms with Crippen LogP contribution in [0.4, 0.5) is 5.69 Å². The third-order valence-corrected chi connectivity index (χ3v) is 3.42. The maximum atomic E-state index is 12.3. The Kier molecular flexibility index (Phi) is 3.07. The van der Waals surface area contributed by atoms with Gasteiger partial charge in [0.05, 0.1) is 18.3 Å². The van der Waals surface area contributed by atoms with Gasteiger partial charge in [-0.05, 0) is 31.4 Å². The normalized spacial score (nSPS) is 17.1. The van der Waals surface area contributed by atoms with Crippen molar-refractivity contribution >= 4 is 11.6 Å². The van der Waals surface area contributed by atoms with E-state index in [-0.39, 0.29) is 5.91 Å². The van der Waals surface area contributed by atoms with Gasteiger partial charge in [0.1, 0.15) is 5.75 Å². The second kappa shape index (κ2) is 4.37. The van der Waals surface area contributed by atoms with E-state index in [2.05, 4.69) is 0 Å². The standard InChI is InChI=1S/C13H18N2O2/c1-15(12(16)13(14)8-5-9-13)10-6-3-4-7-11(10)17-2/h3-4,6-7H,5,8-9,14H2,1-2H3. The van der Waals surface area contributed by atoms with E-state index in [1.165, 1.54) is 0 Å². The molecule has 0 unspecified atom stereocenters. The van der Waals surface area contributed by atoms with E-state index in [0.29, 0.717) is 5.75 Å². The van der Waals surface area contributed by atoms with Crippen molar-refractivity contribution in [1.29, 1.82) is 0 Å². The molecular weight excluding hydrogens is 216 g/mol. The molecule has 1 amide bonds. The number of rotatable bonds is 3. The van der Waals surface area contributed by atoms with Gasteiger partial charge < -0.3 is 15.4 Å². The molecular formula is C13H18N2O2. The van der Waals surface area contributed by atoms with Crippen molar-refractivity contribution < 1.29 is 9.53 Å². The molecule has 0 saturated heterocycles. The van der Waals surface area contributed by atoms with Crippen molar-refractivity contribution in [2.75, 3.05) is 19.1 Å². The Morgan fingerprint density at radius 2 is 2.06 bits per heavy atom. The molecule has 0 radical (unpaired) electrons. The van der Waals surface area contributed by atoms with E-state index in [1.807, 2.05) is 24.3 Å². The van der Waals surface area contributed by atoms with Crippen molar-refractivity contribution in [3.63, 3.8) is 0 Å². The number of carbonyl (C=O) groups excluding carboxylic acids is 1. The quantitative estimate of drug-likeness (QED) is 0.863. The summed E-state index contributed by atoms with van der Waals surface area (Å²) < 4.78 is 5.25. The summed E-state index contributed by atoms with van der Waals surface area (Å²) in [5, 5.41) is 0. The zero-order valence-corrected chi connectivity index (χ0v) is 10.3. The molecule has 0 aliphatic heterocycles. The summed E-state index contributed by atoms with van der Waals surface area (Å²) >= 11 is 0. The predicted octanol–water partition coefficient (Wildman–Crippen LogP) is 1.54. The van der Waals surface area contributed by atoms with Crippen molar-refractivity contribution in [1.82, 2.24) is 0 Å². The zero-order chi connectivity index (χ0) is 12.5. The summed E-state index contributed by atoms with van der Waals surface area (Å²) in [4.78, 5) is 13.9. The van der Waals surface area contributed by atoms with Gasteiger partial charge in [-0.3, -0.25) is 4.79 Å². The minimum atomic E-state index is -0.671. The molecule has 1 saturated carbocycles. The highest BCUT2D eigenvalue weighted by molar-refractivity contribution is 6.01. The molecule has 92 valence electrons. The lowest BCUT2D eigenvalue weighted by molar-refractivity contribution is -0.126. The van der Waals surface area contributed by atoms with Gasteiger partial charge in [-0.15, -0.1) is 0 Å². The molecule has 4 heteroatoms. The number of methoxy groups -OCH3 is 1. The maximum Gasteiger partial charge on any atom is 0.246 e. The molecule has 1 aliphatic rings. The molecule has 2 N–H and O–H groups in total. The third kappa shape index (κ3) is 2.00. The zero-order valence-electron chi connectivity index (χ0n) is 10.3. The van der Waals surface area contributed by atoms with Crippen LogP contribution in [0.1, 0.15) is 19.3 Å². The number of carbonyl (C=O) groups is 1. The van der Waals surface area contributed by atoms with Gasteiger partial charge in [-0.25, -0.2) is 0 Å². The van der Waals surface area contributed by atoms with Gasteiger partial charge in [0.15, 0.2) is 0 Å². The van der Waals surface area contributed by atoms with Gasteiger partial charge >= 0.3 is 0 Å². The monoisotopic (exact) mass is 234 g/mol. The molecule has 0 aromatic heterocycles. The van der Waals surface area contributed by atoms with Crippen LogP contribution in [-0.4, -0.2) is 25.6 Å². The number of hydrogen-bond donors (Lipinski definition) is 1. The van der Waals surface area contributed by atoms with Crippen molar-refractivity contribution in [2.24, 2.45) is 5.73 Å². The molecule has 1 aromatic carbocycles. The van der Waals surface area contributed by atoms with Crippen LogP contribution < -0.4 is 15.4 Å². The minimum absolute atomic E-state index is 0.0340. The highest BCUT2D eigenvalue weighted by atomic mass is 16.5. The Balaban J connectivity index is 2.24. The fourth-order valence-electron chi connectivity index (χ4n) is 2.12. The first-order chi connectivity index (χ1) is 8.08. The molecule has 0 spiro atoms. The molecule has 1 aliphatic carbocycles. The Morgan fingerprint density at radius 1 is 1.41 bits per heavy atom. The van der Waals surface area contributed by atoms with Crippen LogP contribution in [0.3, 0.4) is 0 Å². The summed E-state index contributed by atoms with van der Waals surface area (Å²) in [5.41, 5.74) is 6.13. The summed E-state index contributed by atoms with van der Waals surface area (Å²) in [5.74, 6) is 0.652. The maximum absolute atomic E-state index is 12.3. The van der Waals surface area contributed by atoms with Gasteiger partial charge in [-0.1, -0.05) is 12.1 Å².